The first-order chi connectivity index (χ1) is 12.6. The summed E-state index contributed by atoms with van der Waals surface area (Å²) in [4.78, 5) is 14.2. The molecule has 0 saturated heterocycles. The Kier molecular flexibility index (Phi) is 4.80. The standard InChI is InChI=1S/C20H17Br2NO3/c1-2-3-12-8-19(24)26-20-14(12)5-7-18-15(20)10-23(11-25-18)17-6-4-13(21)9-16(17)22/h4-9H,2-3,10-11H2,1H3. The van der Waals surface area contributed by atoms with Crippen molar-refractivity contribution in [3.8, 4) is 5.75 Å². The molecule has 0 saturated carbocycles. The van der Waals surface area contributed by atoms with Crippen LogP contribution in [0.4, 0.5) is 5.69 Å². The van der Waals surface area contributed by atoms with Crippen LogP contribution in [0.1, 0.15) is 24.5 Å². The lowest BCUT2D eigenvalue weighted by Gasteiger charge is -2.31. The second kappa shape index (κ2) is 7.08. The van der Waals surface area contributed by atoms with Crippen LogP contribution in [-0.2, 0) is 13.0 Å². The quantitative estimate of drug-likeness (QED) is 0.457. The highest BCUT2D eigenvalue weighted by Gasteiger charge is 2.23. The number of nitrogens with zero attached hydrogens (tertiary/aromatic N) is 1. The van der Waals surface area contributed by atoms with E-state index in [-0.39, 0.29) is 5.63 Å². The van der Waals surface area contributed by atoms with Crippen molar-refractivity contribution in [3.63, 3.8) is 0 Å². The molecule has 0 spiro atoms. The molecule has 0 bridgehead atoms. The Hall–Kier alpha value is -1.79. The van der Waals surface area contributed by atoms with Crippen LogP contribution in [0.3, 0.4) is 0 Å². The normalized spacial score (nSPS) is 13.6. The third-order valence-electron chi connectivity index (χ3n) is 4.55. The summed E-state index contributed by atoms with van der Waals surface area (Å²) in [5, 5.41) is 0.991. The van der Waals surface area contributed by atoms with E-state index in [0.29, 0.717) is 18.9 Å². The number of anilines is 1. The molecular weight excluding hydrogens is 462 g/mol. The Morgan fingerprint density at radius 3 is 2.77 bits per heavy atom. The fourth-order valence-corrected chi connectivity index (χ4v) is 4.66. The number of aryl methyl sites for hydroxylation is 1. The lowest BCUT2D eigenvalue weighted by molar-refractivity contribution is 0.289. The third kappa shape index (κ3) is 3.16. The van der Waals surface area contributed by atoms with Crippen molar-refractivity contribution in [1.29, 1.82) is 0 Å². The molecule has 4 nitrogen and oxygen atoms in total. The number of fused-ring (bicyclic) bond motifs is 3. The zero-order valence-electron chi connectivity index (χ0n) is 14.2. The Balaban J connectivity index is 1.82. The van der Waals surface area contributed by atoms with E-state index in [1.165, 1.54) is 0 Å². The van der Waals surface area contributed by atoms with Gasteiger partial charge in [0.05, 0.1) is 17.8 Å². The van der Waals surface area contributed by atoms with Gasteiger partial charge in [-0.25, -0.2) is 4.79 Å². The maximum Gasteiger partial charge on any atom is 0.336 e. The molecule has 0 atom stereocenters. The average molecular weight is 479 g/mol. The molecule has 1 aromatic heterocycles. The van der Waals surface area contributed by atoms with E-state index in [1.54, 1.807) is 6.07 Å². The van der Waals surface area contributed by atoms with Crippen molar-refractivity contribution in [2.24, 2.45) is 0 Å². The van der Waals surface area contributed by atoms with Gasteiger partial charge in [0.25, 0.3) is 0 Å². The average Bonchev–Trinajstić information content (AvgIpc) is 2.61. The number of hydrogen-bond acceptors (Lipinski definition) is 4. The SMILES string of the molecule is CCCc1cc(=O)oc2c3c(ccc12)OCN(c1ccc(Br)cc1Br)C3. The van der Waals surface area contributed by atoms with E-state index < -0.39 is 0 Å². The molecule has 134 valence electrons. The van der Waals surface area contributed by atoms with Crippen LogP contribution in [0, 0.1) is 0 Å². The van der Waals surface area contributed by atoms with E-state index >= 15 is 0 Å². The first-order valence-corrected chi connectivity index (χ1v) is 10.1. The van der Waals surface area contributed by atoms with Gasteiger partial charge in [0.15, 0.2) is 6.73 Å². The molecule has 0 fully saturated rings. The third-order valence-corrected chi connectivity index (χ3v) is 5.68. The van der Waals surface area contributed by atoms with Gasteiger partial charge in [-0.15, -0.1) is 0 Å². The van der Waals surface area contributed by atoms with Crippen molar-refractivity contribution < 1.29 is 9.15 Å². The Morgan fingerprint density at radius 2 is 2.00 bits per heavy atom. The summed E-state index contributed by atoms with van der Waals surface area (Å²) in [7, 11) is 0. The van der Waals surface area contributed by atoms with Crippen molar-refractivity contribution >= 4 is 48.5 Å². The first kappa shape index (κ1) is 17.6. The minimum Gasteiger partial charge on any atom is -0.473 e. The fraction of sp³-hybridized carbons (Fsp3) is 0.250. The van der Waals surface area contributed by atoms with Crippen molar-refractivity contribution in [2.75, 3.05) is 11.6 Å². The summed E-state index contributed by atoms with van der Waals surface area (Å²) < 4.78 is 13.5. The summed E-state index contributed by atoms with van der Waals surface area (Å²) in [5.41, 5.74) is 3.30. The Bertz CT molecular complexity index is 1050. The monoisotopic (exact) mass is 477 g/mol. The van der Waals surface area contributed by atoms with Gasteiger partial charge in [0.1, 0.15) is 11.3 Å². The van der Waals surface area contributed by atoms with Gasteiger partial charge in [-0.05, 0) is 58.2 Å². The molecular formula is C20H17Br2NO3. The largest absolute Gasteiger partial charge is 0.473 e. The smallest absolute Gasteiger partial charge is 0.336 e. The second-order valence-corrected chi connectivity index (χ2v) is 8.10. The van der Waals surface area contributed by atoms with Crippen LogP contribution >= 0.6 is 31.9 Å². The predicted molar refractivity (Wildman–Crippen MR) is 110 cm³/mol. The molecule has 0 unspecified atom stereocenters. The van der Waals surface area contributed by atoms with Crippen molar-refractivity contribution in [1.82, 2.24) is 0 Å². The number of benzene rings is 2. The van der Waals surface area contributed by atoms with Crippen LogP contribution in [0.2, 0.25) is 0 Å². The summed E-state index contributed by atoms with van der Waals surface area (Å²) >= 11 is 7.10. The second-order valence-electron chi connectivity index (χ2n) is 6.33. The fourth-order valence-electron chi connectivity index (χ4n) is 3.37. The highest BCUT2D eigenvalue weighted by atomic mass is 79.9. The van der Waals surface area contributed by atoms with E-state index in [0.717, 1.165) is 49.7 Å². The number of halogens is 2. The molecule has 2 heterocycles. The predicted octanol–water partition coefficient (Wildman–Crippen LogP) is 5.63. The van der Waals surface area contributed by atoms with Crippen molar-refractivity contribution in [3.05, 3.63) is 66.9 Å². The highest BCUT2D eigenvalue weighted by molar-refractivity contribution is 9.11. The molecule has 6 heteroatoms. The van der Waals surface area contributed by atoms with Gasteiger partial charge in [0, 0.05) is 20.4 Å². The molecule has 1 aliphatic rings. The van der Waals surface area contributed by atoms with Crippen LogP contribution in [0.25, 0.3) is 11.0 Å². The molecule has 3 aromatic rings. The topological polar surface area (TPSA) is 42.7 Å². The lowest BCUT2D eigenvalue weighted by atomic mass is 10.0. The van der Waals surface area contributed by atoms with Crippen molar-refractivity contribution in [2.45, 2.75) is 26.3 Å². The van der Waals surface area contributed by atoms with Gasteiger partial charge in [-0.1, -0.05) is 29.3 Å². The molecule has 26 heavy (non-hydrogen) atoms. The van der Waals surface area contributed by atoms with E-state index in [4.69, 9.17) is 9.15 Å². The molecule has 0 N–H and O–H groups in total. The number of hydrogen-bond donors (Lipinski definition) is 0. The minimum absolute atomic E-state index is 0.309. The summed E-state index contributed by atoms with van der Waals surface area (Å²) in [6.07, 6.45) is 1.83. The Morgan fingerprint density at radius 1 is 1.15 bits per heavy atom. The minimum atomic E-state index is -0.309. The molecule has 0 radical (unpaired) electrons. The molecule has 1 aliphatic heterocycles. The molecule has 2 aromatic carbocycles. The zero-order valence-corrected chi connectivity index (χ0v) is 17.4. The molecule has 4 rings (SSSR count). The first-order valence-electron chi connectivity index (χ1n) is 8.48. The summed E-state index contributed by atoms with van der Waals surface area (Å²) in [5.74, 6) is 0.777. The summed E-state index contributed by atoms with van der Waals surface area (Å²) in [6, 6.07) is 11.6. The van der Waals surface area contributed by atoms with Crippen LogP contribution in [-0.4, -0.2) is 6.73 Å². The van der Waals surface area contributed by atoms with Gasteiger partial charge in [-0.2, -0.15) is 0 Å². The van der Waals surface area contributed by atoms with E-state index in [9.17, 15) is 4.79 Å². The van der Waals surface area contributed by atoms with E-state index in [2.05, 4.69) is 43.7 Å². The number of rotatable bonds is 3. The number of ether oxygens (including phenoxy) is 1. The lowest BCUT2D eigenvalue weighted by Crippen LogP contribution is -2.32. The van der Waals surface area contributed by atoms with Crippen LogP contribution in [0.15, 0.2) is 54.6 Å². The maximum atomic E-state index is 12.1. The summed E-state index contributed by atoms with van der Waals surface area (Å²) in [6.45, 7) is 3.16. The van der Waals surface area contributed by atoms with Gasteiger partial charge >= 0.3 is 5.63 Å². The Labute approximate surface area is 168 Å². The van der Waals surface area contributed by atoms with Gasteiger partial charge in [0.2, 0.25) is 0 Å². The highest BCUT2D eigenvalue weighted by Crippen LogP contribution is 2.37. The van der Waals surface area contributed by atoms with Crippen LogP contribution < -0.4 is 15.3 Å². The zero-order chi connectivity index (χ0) is 18.3. The van der Waals surface area contributed by atoms with Gasteiger partial charge < -0.3 is 14.1 Å². The molecule has 0 aliphatic carbocycles. The molecule has 0 amide bonds. The maximum absolute atomic E-state index is 12.1. The van der Waals surface area contributed by atoms with Crippen LogP contribution in [0.5, 0.6) is 5.75 Å². The van der Waals surface area contributed by atoms with E-state index in [1.807, 2.05) is 30.3 Å². The van der Waals surface area contributed by atoms with Gasteiger partial charge in [-0.3, -0.25) is 0 Å².